The number of benzene rings is 2. The van der Waals surface area contributed by atoms with Gasteiger partial charge in [-0.1, -0.05) is 62.4 Å². The molecule has 0 fully saturated rings. The highest BCUT2D eigenvalue weighted by molar-refractivity contribution is 5.97. The molecule has 2 N–H and O–H groups in total. The van der Waals surface area contributed by atoms with Crippen molar-refractivity contribution in [3.63, 3.8) is 0 Å². The number of carbonyl (C=O) groups is 2. The highest BCUT2D eigenvalue weighted by Crippen LogP contribution is 2.15. The molecule has 3 aromatic rings. The number of nitrogens with one attached hydrogen (secondary N) is 2. The lowest BCUT2D eigenvalue weighted by Crippen LogP contribution is -2.47. The van der Waals surface area contributed by atoms with Gasteiger partial charge in [-0.15, -0.1) is 0 Å². The van der Waals surface area contributed by atoms with Crippen LogP contribution in [0.4, 0.5) is 10.5 Å². The Balaban J connectivity index is 1.74. The molecule has 32 heavy (non-hydrogen) atoms. The van der Waals surface area contributed by atoms with Crippen molar-refractivity contribution in [1.29, 1.82) is 0 Å². The van der Waals surface area contributed by atoms with Crippen LogP contribution in [0.3, 0.4) is 0 Å². The van der Waals surface area contributed by atoms with E-state index in [0.29, 0.717) is 11.4 Å². The molecule has 1 heterocycles. The van der Waals surface area contributed by atoms with Crippen LogP contribution in [-0.4, -0.2) is 27.4 Å². The number of amides is 2. The topological polar surface area (TPSA) is 94.4 Å². The largest absolute Gasteiger partial charge is 0.445 e. The number of nitrogens with zero attached hydrogens (tertiary/aromatic N) is 2. The molecule has 0 spiro atoms. The molecule has 1 aromatic heterocycles. The first-order chi connectivity index (χ1) is 15.3. The lowest BCUT2D eigenvalue weighted by Gasteiger charge is -2.21. The van der Waals surface area contributed by atoms with E-state index in [2.05, 4.69) is 10.6 Å². The summed E-state index contributed by atoms with van der Waals surface area (Å²) >= 11 is 0. The summed E-state index contributed by atoms with van der Waals surface area (Å²) in [6.45, 7) is 5.46. The maximum atomic E-state index is 13.0. The van der Waals surface area contributed by atoms with Crippen LogP contribution >= 0.6 is 0 Å². The maximum absolute atomic E-state index is 13.0. The fourth-order valence-electron chi connectivity index (χ4n) is 3.34. The minimum absolute atomic E-state index is 0.0959. The van der Waals surface area contributed by atoms with Gasteiger partial charge >= 0.3 is 6.09 Å². The molecule has 0 aliphatic carbocycles. The van der Waals surface area contributed by atoms with Gasteiger partial charge in [-0.2, -0.15) is 0 Å². The number of anilines is 1. The van der Waals surface area contributed by atoms with Crippen LogP contribution in [-0.2, 0) is 23.2 Å². The van der Waals surface area contributed by atoms with Crippen molar-refractivity contribution < 1.29 is 14.3 Å². The number of alkyl carbamates (subject to hydrolysis) is 1. The second-order valence-corrected chi connectivity index (χ2v) is 7.85. The van der Waals surface area contributed by atoms with E-state index in [9.17, 15) is 14.4 Å². The quantitative estimate of drug-likeness (QED) is 0.594. The Kier molecular flexibility index (Phi) is 7.14. The molecule has 0 bridgehead atoms. The number of ether oxygens (including phenoxy) is 1. The lowest BCUT2D eigenvalue weighted by molar-refractivity contribution is -0.119. The Morgan fingerprint density at radius 3 is 2.19 bits per heavy atom. The van der Waals surface area contributed by atoms with Gasteiger partial charge in [-0.05, 0) is 30.5 Å². The van der Waals surface area contributed by atoms with Gasteiger partial charge in [0.1, 0.15) is 18.3 Å². The van der Waals surface area contributed by atoms with E-state index in [4.69, 9.17) is 4.74 Å². The van der Waals surface area contributed by atoms with E-state index in [1.165, 1.54) is 4.68 Å². The second kappa shape index (κ2) is 10.00. The lowest BCUT2D eigenvalue weighted by atomic mass is 10.0. The maximum Gasteiger partial charge on any atom is 0.408 e. The third-order valence-electron chi connectivity index (χ3n) is 5.24. The van der Waals surface area contributed by atoms with Crippen LogP contribution in [0, 0.1) is 12.8 Å². The first kappa shape index (κ1) is 22.9. The highest BCUT2D eigenvalue weighted by Gasteiger charge is 2.27. The zero-order valence-electron chi connectivity index (χ0n) is 18.7. The minimum Gasteiger partial charge on any atom is -0.445 e. The third kappa shape index (κ3) is 5.08. The van der Waals surface area contributed by atoms with Crippen molar-refractivity contribution in [2.75, 3.05) is 5.32 Å². The molecule has 8 nitrogen and oxygen atoms in total. The summed E-state index contributed by atoms with van der Waals surface area (Å²) in [7, 11) is 1.75. The number of hydrogen-bond donors (Lipinski definition) is 2. The van der Waals surface area contributed by atoms with Gasteiger partial charge in [0, 0.05) is 7.05 Å². The van der Waals surface area contributed by atoms with Crippen molar-refractivity contribution in [2.45, 2.75) is 33.4 Å². The average Bonchev–Trinajstić information content (AvgIpc) is 3.00. The molecule has 3 rings (SSSR count). The molecular weight excluding hydrogens is 408 g/mol. The summed E-state index contributed by atoms with van der Waals surface area (Å²) in [5.41, 5.74) is 1.95. The Labute approximate surface area is 186 Å². The van der Waals surface area contributed by atoms with Crippen molar-refractivity contribution >= 4 is 17.7 Å². The van der Waals surface area contributed by atoms with Crippen molar-refractivity contribution in [2.24, 2.45) is 13.0 Å². The first-order valence-electron chi connectivity index (χ1n) is 10.4. The van der Waals surface area contributed by atoms with Gasteiger partial charge in [-0.25, -0.2) is 9.48 Å². The summed E-state index contributed by atoms with van der Waals surface area (Å²) in [6, 6.07) is 17.6. The predicted octanol–water partition coefficient (Wildman–Crippen LogP) is 3.37. The Bertz CT molecular complexity index is 1130. The molecule has 0 saturated carbocycles. The fourth-order valence-corrected chi connectivity index (χ4v) is 3.34. The molecule has 0 aliphatic rings. The van der Waals surface area contributed by atoms with Gasteiger partial charge in [0.15, 0.2) is 0 Å². The molecular formula is C24H28N4O4. The van der Waals surface area contributed by atoms with E-state index in [-0.39, 0.29) is 23.8 Å². The van der Waals surface area contributed by atoms with E-state index >= 15 is 0 Å². The van der Waals surface area contributed by atoms with E-state index in [0.717, 1.165) is 5.56 Å². The number of rotatable bonds is 7. The molecule has 0 saturated heterocycles. The van der Waals surface area contributed by atoms with Crippen LogP contribution in [0.2, 0.25) is 0 Å². The number of hydrogen-bond acceptors (Lipinski definition) is 4. The number of para-hydroxylation sites is 1. The van der Waals surface area contributed by atoms with Gasteiger partial charge in [0.2, 0.25) is 5.91 Å². The normalized spacial score (nSPS) is 11.8. The SMILES string of the molecule is Cc1c(NC(=O)[C@@H](NC(=O)OCc2ccccc2)C(C)C)c(=O)n(-c2ccccc2)n1C. The van der Waals surface area contributed by atoms with E-state index < -0.39 is 18.0 Å². The number of carbonyl (C=O) groups excluding carboxylic acids is 2. The molecule has 1 atom stereocenters. The summed E-state index contributed by atoms with van der Waals surface area (Å²) in [5.74, 6) is -0.706. The van der Waals surface area contributed by atoms with Gasteiger partial charge < -0.3 is 15.4 Å². The van der Waals surface area contributed by atoms with Crippen LogP contribution < -0.4 is 16.2 Å². The molecule has 168 valence electrons. The van der Waals surface area contributed by atoms with Crippen LogP contribution in [0.15, 0.2) is 65.5 Å². The monoisotopic (exact) mass is 436 g/mol. The molecule has 2 aromatic carbocycles. The fraction of sp³-hybridized carbons (Fsp3) is 0.292. The summed E-state index contributed by atoms with van der Waals surface area (Å²) in [5, 5.41) is 5.32. The molecule has 0 unspecified atom stereocenters. The van der Waals surface area contributed by atoms with E-state index in [1.54, 1.807) is 18.7 Å². The smallest absolute Gasteiger partial charge is 0.408 e. The third-order valence-corrected chi connectivity index (χ3v) is 5.24. The Morgan fingerprint density at radius 2 is 1.59 bits per heavy atom. The zero-order chi connectivity index (χ0) is 23.3. The van der Waals surface area contributed by atoms with Crippen molar-refractivity contribution in [3.8, 4) is 5.69 Å². The first-order valence-corrected chi connectivity index (χ1v) is 10.4. The second-order valence-electron chi connectivity index (χ2n) is 7.85. The van der Waals surface area contributed by atoms with Gasteiger partial charge in [0.05, 0.1) is 11.4 Å². The van der Waals surface area contributed by atoms with Crippen molar-refractivity contribution in [1.82, 2.24) is 14.7 Å². The standard InChI is InChI=1S/C24H28N4O4/c1-16(2)20(26-24(31)32-15-18-11-7-5-8-12-18)22(29)25-21-17(3)27(4)28(23(21)30)19-13-9-6-10-14-19/h5-14,16,20H,15H2,1-4H3,(H,25,29)(H,26,31)/t20-/m0/s1. The summed E-state index contributed by atoms with van der Waals surface area (Å²) in [6.07, 6.45) is -0.700. The van der Waals surface area contributed by atoms with Crippen molar-refractivity contribution in [3.05, 3.63) is 82.3 Å². The zero-order valence-corrected chi connectivity index (χ0v) is 18.7. The van der Waals surface area contributed by atoms with Gasteiger partial charge in [-0.3, -0.25) is 14.3 Å². The van der Waals surface area contributed by atoms with Crippen LogP contribution in [0.5, 0.6) is 0 Å². The van der Waals surface area contributed by atoms with Gasteiger partial charge in [0.25, 0.3) is 5.56 Å². The summed E-state index contributed by atoms with van der Waals surface area (Å²) < 4.78 is 8.40. The Hall–Kier alpha value is -3.81. The average molecular weight is 437 g/mol. The summed E-state index contributed by atoms with van der Waals surface area (Å²) in [4.78, 5) is 38.3. The van der Waals surface area contributed by atoms with Crippen LogP contribution in [0.1, 0.15) is 25.1 Å². The Morgan fingerprint density at radius 1 is 1.00 bits per heavy atom. The molecule has 0 radical (unpaired) electrons. The minimum atomic E-state index is -0.873. The van der Waals surface area contributed by atoms with Crippen LogP contribution in [0.25, 0.3) is 5.69 Å². The number of aromatic nitrogens is 2. The highest BCUT2D eigenvalue weighted by atomic mass is 16.5. The molecule has 8 heteroatoms. The molecule has 2 amide bonds. The van der Waals surface area contributed by atoms with E-state index in [1.807, 2.05) is 74.5 Å². The molecule has 0 aliphatic heterocycles. The predicted molar refractivity (Wildman–Crippen MR) is 123 cm³/mol.